The molecule has 0 saturated carbocycles. The topological polar surface area (TPSA) is 65.6 Å². The lowest BCUT2D eigenvalue weighted by Gasteiger charge is -2.28. The minimum atomic E-state index is -0.127. The number of para-hydroxylation sites is 1. The molecule has 0 saturated heterocycles. The molecule has 188 valence electrons. The van der Waals surface area contributed by atoms with Crippen molar-refractivity contribution in [3.05, 3.63) is 93.3 Å². The van der Waals surface area contributed by atoms with Crippen LogP contribution in [-0.4, -0.2) is 59.9 Å². The van der Waals surface area contributed by atoms with E-state index in [-0.39, 0.29) is 18.4 Å². The van der Waals surface area contributed by atoms with Crippen LogP contribution in [0.4, 0.5) is 0 Å². The fraction of sp³-hybridized carbons (Fsp3) is 0.286. The SMILES string of the molecule is COCCCN(CC(=O)N(CCc1c[nH]c2ccccc12)Cc1ccc(Cl)cc1)C(=O)c1cccs1. The lowest BCUT2D eigenvalue weighted by Crippen LogP contribution is -2.43. The van der Waals surface area contributed by atoms with Crippen molar-refractivity contribution in [2.45, 2.75) is 19.4 Å². The second-order valence-electron chi connectivity index (χ2n) is 8.60. The zero-order valence-electron chi connectivity index (χ0n) is 20.3. The smallest absolute Gasteiger partial charge is 0.264 e. The maximum Gasteiger partial charge on any atom is 0.264 e. The third-order valence-electron chi connectivity index (χ3n) is 6.09. The predicted octanol–water partition coefficient (Wildman–Crippen LogP) is 5.63. The van der Waals surface area contributed by atoms with Gasteiger partial charge in [0.1, 0.15) is 6.54 Å². The highest BCUT2D eigenvalue weighted by Gasteiger charge is 2.23. The van der Waals surface area contributed by atoms with Crippen LogP contribution in [0, 0.1) is 0 Å². The molecule has 1 N–H and O–H groups in total. The predicted molar refractivity (Wildman–Crippen MR) is 146 cm³/mol. The quantitative estimate of drug-likeness (QED) is 0.245. The van der Waals surface area contributed by atoms with E-state index in [0.717, 1.165) is 22.0 Å². The van der Waals surface area contributed by atoms with Gasteiger partial charge in [0.2, 0.25) is 5.91 Å². The molecule has 0 aliphatic rings. The number of ether oxygens (including phenoxy) is 1. The number of nitrogens with one attached hydrogen (secondary N) is 1. The Kier molecular flexibility index (Phi) is 9.17. The number of rotatable bonds is 12. The number of carbonyl (C=O) groups is 2. The number of benzene rings is 2. The molecule has 0 unspecified atom stereocenters. The first-order valence-corrected chi connectivity index (χ1v) is 13.2. The number of fused-ring (bicyclic) bond motifs is 1. The van der Waals surface area contributed by atoms with Crippen LogP contribution >= 0.6 is 22.9 Å². The summed E-state index contributed by atoms with van der Waals surface area (Å²) in [6.45, 7) is 1.97. The number of aromatic amines is 1. The van der Waals surface area contributed by atoms with E-state index in [1.165, 1.54) is 11.3 Å². The van der Waals surface area contributed by atoms with Crippen molar-refractivity contribution in [1.82, 2.24) is 14.8 Å². The molecule has 36 heavy (non-hydrogen) atoms. The van der Waals surface area contributed by atoms with Gasteiger partial charge in [-0.05, 0) is 53.6 Å². The van der Waals surface area contributed by atoms with Crippen LogP contribution in [0.5, 0.6) is 0 Å². The Morgan fingerprint density at radius 3 is 2.56 bits per heavy atom. The molecule has 8 heteroatoms. The molecule has 2 aromatic carbocycles. The van der Waals surface area contributed by atoms with E-state index in [1.54, 1.807) is 18.1 Å². The van der Waals surface area contributed by atoms with Crippen molar-refractivity contribution < 1.29 is 14.3 Å². The molecule has 4 rings (SSSR count). The lowest BCUT2D eigenvalue weighted by molar-refractivity contribution is -0.132. The van der Waals surface area contributed by atoms with Gasteiger partial charge in [-0.1, -0.05) is 48.0 Å². The summed E-state index contributed by atoms with van der Waals surface area (Å²) in [6, 6.07) is 19.3. The van der Waals surface area contributed by atoms with E-state index < -0.39 is 0 Å². The molecule has 2 heterocycles. The van der Waals surface area contributed by atoms with Gasteiger partial charge in [-0.3, -0.25) is 9.59 Å². The minimum absolute atomic E-state index is 0.0158. The maximum atomic E-state index is 13.6. The van der Waals surface area contributed by atoms with Gasteiger partial charge in [0, 0.05) is 55.5 Å². The lowest BCUT2D eigenvalue weighted by atomic mass is 10.1. The van der Waals surface area contributed by atoms with Crippen molar-refractivity contribution in [2.75, 3.05) is 33.4 Å². The number of carbonyl (C=O) groups excluding carboxylic acids is 2. The van der Waals surface area contributed by atoms with Gasteiger partial charge in [-0.15, -0.1) is 11.3 Å². The summed E-state index contributed by atoms with van der Waals surface area (Å²) >= 11 is 7.45. The zero-order chi connectivity index (χ0) is 25.3. The number of nitrogens with zero attached hydrogens (tertiary/aromatic N) is 2. The van der Waals surface area contributed by atoms with Gasteiger partial charge in [0.05, 0.1) is 4.88 Å². The zero-order valence-corrected chi connectivity index (χ0v) is 21.9. The number of H-pyrrole nitrogens is 1. The monoisotopic (exact) mass is 523 g/mol. The van der Waals surface area contributed by atoms with Gasteiger partial charge in [-0.25, -0.2) is 0 Å². The van der Waals surface area contributed by atoms with Crippen molar-refractivity contribution in [3.63, 3.8) is 0 Å². The molecule has 0 atom stereocenters. The van der Waals surface area contributed by atoms with Crippen LogP contribution in [0.25, 0.3) is 10.9 Å². The molecule has 0 bridgehead atoms. The normalized spacial score (nSPS) is 11.1. The van der Waals surface area contributed by atoms with E-state index in [1.807, 2.05) is 65.0 Å². The van der Waals surface area contributed by atoms with Gasteiger partial charge in [0.15, 0.2) is 0 Å². The fourth-order valence-electron chi connectivity index (χ4n) is 4.17. The van der Waals surface area contributed by atoms with E-state index in [4.69, 9.17) is 16.3 Å². The van der Waals surface area contributed by atoms with Gasteiger partial charge in [0.25, 0.3) is 5.91 Å². The van der Waals surface area contributed by atoms with Crippen LogP contribution in [0.2, 0.25) is 5.02 Å². The van der Waals surface area contributed by atoms with Crippen molar-refractivity contribution >= 4 is 45.7 Å². The summed E-state index contributed by atoms with van der Waals surface area (Å²) in [5.74, 6) is -0.218. The molecule has 2 amide bonds. The van der Waals surface area contributed by atoms with Crippen molar-refractivity contribution in [2.24, 2.45) is 0 Å². The molecule has 0 fully saturated rings. The summed E-state index contributed by atoms with van der Waals surface area (Å²) in [5.41, 5.74) is 3.22. The number of thiophene rings is 1. The largest absolute Gasteiger partial charge is 0.385 e. The highest BCUT2D eigenvalue weighted by atomic mass is 35.5. The first-order chi connectivity index (χ1) is 17.5. The summed E-state index contributed by atoms with van der Waals surface area (Å²) in [7, 11) is 1.63. The second-order valence-corrected chi connectivity index (χ2v) is 9.99. The van der Waals surface area contributed by atoms with Crippen molar-refractivity contribution in [3.8, 4) is 0 Å². The summed E-state index contributed by atoms with van der Waals surface area (Å²) in [6.07, 6.45) is 3.37. The first-order valence-electron chi connectivity index (χ1n) is 11.9. The molecular formula is C28H30ClN3O3S. The summed E-state index contributed by atoms with van der Waals surface area (Å²) < 4.78 is 5.17. The molecule has 0 aliphatic carbocycles. The number of methoxy groups -OCH3 is 1. The first kappa shape index (κ1) is 25.9. The standard InChI is InChI=1S/C28H30ClN3O3S/c1-35-16-5-14-32(28(34)26-8-4-17-36-26)20-27(33)31(19-21-9-11-23(29)12-10-21)15-13-22-18-30-25-7-3-2-6-24(22)25/h2-4,6-12,17-18,30H,5,13-16,19-20H2,1H3. The van der Waals surface area contributed by atoms with E-state index in [9.17, 15) is 9.59 Å². The Bertz CT molecular complexity index is 1270. The Labute approximate surface area is 220 Å². The summed E-state index contributed by atoms with van der Waals surface area (Å²) in [5, 5.41) is 3.68. The number of hydrogen-bond donors (Lipinski definition) is 1. The highest BCUT2D eigenvalue weighted by molar-refractivity contribution is 7.12. The van der Waals surface area contributed by atoms with Crippen LogP contribution in [0.15, 0.2) is 72.2 Å². The molecule has 0 spiro atoms. The Morgan fingerprint density at radius 2 is 1.81 bits per heavy atom. The van der Waals surface area contributed by atoms with Crippen molar-refractivity contribution in [1.29, 1.82) is 0 Å². The molecule has 4 aromatic rings. The van der Waals surface area contributed by atoms with Gasteiger partial charge < -0.3 is 19.5 Å². The Morgan fingerprint density at radius 1 is 1.00 bits per heavy atom. The number of amides is 2. The van der Waals surface area contributed by atoms with Gasteiger partial charge in [-0.2, -0.15) is 0 Å². The third kappa shape index (κ3) is 6.75. The second kappa shape index (κ2) is 12.7. The van der Waals surface area contributed by atoms with E-state index in [0.29, 0.717) is 49.0 Å². The fourth-order valence-corrected chi connectivity index (χ4v) is 4.98. The average molecular weight is 524 g/mol. The van der Waals surface area contributed by atoms with Crippen LogP contribution in [-0.2, 0) is 22.5 Å². The molecular weight excluding hydrogens is 494 g/mol. The summed E-state index contributed by atoms with van der Waals surface area (Å²) in [4.78, 5) is 34.2. The molecule has 2 aromatic heterocycles. The molecule has 0 radical (unpaired) electrons. The maximum absolute atomic E-state index is 13.6. The Balaban J connectivity index is 1.52. The van der Waals surface area contributed by atoms with E-state index in [2.05, 4.69) is 11.1 Å². The molecule has 6 nitrogen and oxygen atoms in total. The Hall–Kier alpha value is -3.13. The minimum Gasteiger partial charge on any atom is -0.385 e. The number of halogens is 1. The highest BCUT2D eigenvalue weighted by Crippen LogP contribution is 2.20. The van der Waals surface area contributed by atoms with Crippen LogP contribution in [0.1, 0.15) is 27.2 Å². The number of aromatic nitrogens is 1. The average Bonchev–Trinajstić information content (AvgIpc) is 3.57. The van der Waals surface area contributed by atoms with E-state index >= 15 is 0 Å². The van der Waals surface area contributed by atoms with Crippen LogP contribution < -0.4 is 0 Å². The van der Waals surface area contributed by atoms with Gasteiger partial charge >= 0.3 is 0 Å². The third-order valence-corrected chi connectivity index (χ3v) is 7.20. The van der Waals surface area contributed by atoms with Crippen LogP contribution in [0.3, 0.4) is 0 Å². The number of hydrogen-bond acceptors (Lipinski definition) is 4. The molecule has 0 aliphatic heterocycles.